The van der Waals surface area contributed by atoms with Crippen LogP contribution in [0.1, 0.15) is 0 Å². The van der Waals surface area contributed by atoms with Crippen molar-refractivity contribution in [1.29, 1.82) is 0 Å². The normalized spacial score (nSPS) is 14.6. The number of halogens is 7. The molecule has 0 N–H and O–H groups in total. The maximum Gasteiger partial charge on any atom is 0.391 e. The zero-order valence-corrected chi connectivity index (χ0v) is 10.5. The lowest BCUT2D eigenvalue weighted by Crippen LogP contribution is -1.97. The van der Waals surface area contributed by atoms with E-state index in [4.69, 9.17) is 11.6 Å². The Bertz CT molecular complexity index is 214. The average molecular weight is 329 g/mol. The summed E-state index contributed by atoms with van der Waals surface area (Å²) in [6, 6.07) is 0. The standard InChI is InChI=1S/C3Cl3F4NS3/c4-1(11-13-2(5,7)8)12-14-3(6,9)10/b11-1+. The second kappa shape index (κ2) is 6.15. The van der Waals surface area contributed by atoms with Crippen molar-refractivity contribution >= 4 is 72.8 Å². The number of nitrogens with zero attached hydrogens (tertiary/aromatic N) is 1. The summed E-state index contributed by atoms with van der Waals surface area (Å²) < 4.78 is 43.1. The summed E-state index contributed by atoms with van der Waals surface area (Å²) in [5.41, 5.74) is 0. The van der Waals surface area contributed by atoms with Crippen molar-refractivity contribution in [3.05, 3.63) is 0 Å². The van der Waals surface area contributed by atoms with E-state index in [1.54, 1.807) is 0 Å². The molecule has 0 radical (unpaired) electrons. The van der Waals surface area contributed by atoms with E-state index in [-0.39, 0.29) is 33.5 Å². The molecule has 0 heterocycles. The summed E-state index contributed by atoms with van der Waals surface area (Å²) in [4.78, 5) is 0. The highest BCUT2D eigenvalue weighted by Crippen LogP contribution is 2.44. The Morgan fingerprint density at radius 3 is 1.93 bits per heavy atom. The highest BCUT2D eigenvalue weighted by Gasteiger charge is 2.28. The van der Waals surface area contributed by atoms with E-state index in [0.717, 1.165) is 0 Å². The van der Waals surface area contributed by atoms with Gasteiger partial charge in [0.2, 0.25) is 0 Å². The molecule has 0 spiro atoms. The van der Waals surface area contributed by atoms with Gasteiger partial charge in [0.25, 0.3) is 0 Å². The van der Waals surface area contributed by atoms with Crippen LogP contribution in [0.4, 0.5) is 17.6 Å². The van der Waals surface area contributed by atoms with Crippen LogP contribution < -0.4 is 0 Å². The van der Waals surface area contributed by atoms with Crippen LogP contribution in [0, 0.1) is 0 Å². The topological polar surface area (TPSA) is 12.4 Å². The Morgan fingerprint density at radius 2 is 1.57 bits per heavy atom. The van der Waals surface area contributed by atoms with Gasteiger partial charge in [0.1, 0.15) is 0 Å². The Hall–Kier alpha value is 1.31. The minimum atomic E-state index is -3.62. The number of rotatable bonds is 4. The molecule has 0 aliphatic rings. The molecule has 84 valence electrons. The lowest BCUT2D eigenvalue weighted by atomic mass is 11.6. The van der Waals surface area contributed by atoms with Crippen LogP contribution in [0.5, 0.6) is 0 Å². The Balaban J connectivity index is 3.91. The van der Waals surface area contributed by atoms with Crippen LogP contribution >= 0.6 is 68.3 Å². The molecule has 0 bridgehead atoms. The van der Waals surface area contributed by atoms with Gasteiger partial charge in [-0.3, -0.25) is 0 Å². The van der Waals surface area contributed by atoms with E-state index in [0.29, 0.717) is 0 Å². The molecular weight excluding hydrogens is 329 g/mol. The zero-order chi connectivity index (χ0) is 11.4. The Morgan fingerprint density at radius 1 is 1.07 bits per heavy atom. The molecule has 0 aromatic heterocycles. The molecule has 0 amide bonds. The fourth-order valence-corrected chi connectivity index (χ4v) is 2.29. The van der Waals surface area contributed by atoms with Crippen LogP contribution in [0.2, 0.25) is 0 Å². The first-order valence-corrected chi connectivity index (χ1v) is 6.57. The number of alkyl halides is 6. The zero-order valence-electron chi connectivity index (χ0n) is 5.82. The van der Waals surface area contributed by atoms with Crippen LogP contribution in [-0.4, -0.2) is 13.9 Å². The molecule has 0 aliphatic heterocycles. The smallest absolute Gasteiger partial charge is 0.189 e. The summed E-state index contributed by atoms with van der Waals surface area (Å²) in [7, 11) is 0.138. The van der Waals surface area contributed by atoms with E-state index >= 15 is 0 Å². The van der Waals surface area contributed by atoms with E-state index in [2.05, 4.69) is 27.6 Å². The summed E-state index contributed by atoms with van der Waals surface area (Å²) in [6.45, 7) is 0. The van der Waals surface area contributed by atoms with Gasteiger partial charge >= 0.3 is 9.43 Å². The first-order chi connectivity index (χ1) is 6.10. The SMILES string of the molecule is FC(F)(Cl)S/N=C(\Cl)SSC(F)(F)Cl. The highest BCUT2D eigenvalue weighted by molar-refractivity contribution is 8.83. The quantitative estimate of drug-likeness (QED) is 0.176. The van der Waals surface area contributed by atoms with Crippen LogP contribution in [0.15, 0.2) is 4.40 Å². The lowest BCUT2D eigenvalue weighted by molar-refractivity contribution is 0.203. The first kappa shape index (κ1) is 15.3. The predicted octanol–water partition coefficient (Wildman–Crippen LogP) is 5.19. The summed E-state index contributed by atoms with van der Waals surface area (Å²) in [5.74, 6) is 0. The third kappa shape index (κ3) is 11.4. The van der Waals surface area contributed by atoms with Gasteiger partial charge in [0.15, 0.2) is 4.50 Å². The van der Waals surface area contributed by atoms with E-state index in [1.807, 2.05) is 0 Å². The van der Waals surface area contributed by atoms with Crippen molar-refractivity contribution in [3.8, 4) is 0 Å². The summed E-state index contributed by atoms with van der Waals surface area (Å²) >= 11 is 13.8. The molecule has 0 unspecified atom stereocenters. The van der Waals surface area contributed by atoms with E-state index in [9.17, 15) is 17.6 Å². The third-order valence-electron chi connectivity index (χ3n) is 0.426. The monoisotopic (exact) mass is 327 g/mol. The molecule has 14 heavy (non-hydrogen) atoms. The first-order valence-electron chi connectivity index (χ1n) is 2.51. The second-order valence-electron chi connectivity index (χ2n) is 1.49. The lowest BCUT2D eigenvalue weighted by Gasteiger charge is -2.04. The van der Waals surface area contributed by atoms with Crippen molar-refractivity contribution in [1.82, 2.24) is 0 Å². The molecule has 0 aliphatic carbocycles. The summed E-state index contributed by atoms with van der Waals surface area (Å²) in [5, 5.41) is 0. The van der Waals surface area contributed by atoms with E-state index in [1.165, 1.54) is 0 Å². The van der Waals surface area contributed by atoms with Crippen molar-refractivity contribution in [3.63, 3.8) is 0 Å². The van der Waals surface area contributed by atoms with Crippen molar-refractivity contribution in [2.24, 2.45) is 4.40 Å². The van der Waals surface area contributed by atoms with Gasteiger partial charge < -0.3 is 0 Å². The molecule has 0 aromatic carbocycles. The predicted molar refractivity (Wildman–Crippen MR) is 57.7 cm³/mol. The van der Waals surface area contributed by atoms with Crippen LogP contribution in [0.25, 0.3) is 0 Å². The molecule has 0 aromatic rings. The minimum Gasteiger partial charge on any atom is -0.189 e. The second-order valence-corrected chi connectivity index (χ2v) is 6.58. The van der Waals surface area contributed by atoms with Crippen molar-refractivity contribution in [2.75, 3.05) is 0 Å². The third-order valence-corrected chi connectivity index (χ3v) is 4.28. The van der Waals surface area contributed by atoms with Crippen molar-refractivity contribution < 1.29 is 17.6 Å². The Kier molecular flexibility index (Phi) is 6.72. The molecule has 0 saturated heterocycles. The molecular formula is C3Cl3F4NS3. The van der Waals surface area contributed by atoms with Gasteiger partial charge in [-0.05, 0) is 34.0 Å². The maximum absolute atomic E-state index is 12.0. The highest BCUT2D eigenvalue weighted by atomic mass is 35.5. The van der Waals surface area contributed by atoms with E-state index < -0.39 is 13.9 Å². The van der Waals surface area contributed by atoms with Gasteiger partial charge in [-0.2, -0.15) is 22.0 Å². The molecule has 0 atom stereocenters. The molecule has 0 fully saturated rings. The van der Waals surface area contributed by atoms with Gasteiger partial charge in [-0.1, -0.05) is 11.6 Å². The molecule has 1 nitrogen and oxygen atoms in total. The molecule has 0 saturated carbocycles. The molecule has 11 heteroatoms. The summed E-state index contributed by atoms with van der Waals surface area (Å²) in [6.07, 6.45) is 0. The van der Waals surface area contributed by atoms with Crippen LogP contribution in [-0.2, 0) is 0 Å². The maximum atomic E-state index is 12.0. The van der Waals surface area contributed by atoms with Gasteiger partial charge in [-0.15, -0.1) is 0 Å². The number of hydrogen-bond donors (Lipinski definition) is 0. The van der Waals surface area contributed by atoms with Gasteiger partial charge in [0, 0.05) is 10.8 Å². The van der Waals surface area contributed by atoms with Crippen molar-refractivity contribution in [2.45, 2.75) is 9.43 Å². The van der Waals surface area contributed by atoms with Gasteiger partial charge in [-0.25, -0.2) is 0 Å². The van der Waals surface area contributed by atoms with Gasteiger partial charge in [0.05, 0.1) is 11.9 Å². The van der Waals surface area contributed by atoms with Crippen LogP contribution in [0.3, 0.4) is 0 Å². The largest absolute Gasteiger partial charge is 0.391 e. The average Bonchev–Trinajstić information content (AvgIpc) is 1.94. The Labute approximate surface area is 104 Å². The number of hydrogen-bond acceptors (Lipinski definition) is 4. The fraction of sp³-hybridized carbons (Fsp3) is 0.667. The molecule has 0 rings (SSSR count). The minimum absolute atomic E-state index is 0.123. The fourth-order valence-electron chi connectivity index (χ4n) is 0.184.